The first-order valence-electron chi connectivity index (χ1n) is 53.7. The van der Waals surface area contributed by atoms with Gasteiger partial charge in [0.15, 0.2) is 54.3 Å². The highest BCUT2D eigenvalue weighted by molar-refractivity contribution is 5.71. The second kappa shape index (κ2) is 47.1. The fourth-order valence-corrected chi connectivity index (χ4v) is 24.4. The van der Waals surface area contributed by atoms with E-state index in [-0.39, 0.29) is 28.8 Å². The summed E-state index contributed by atoms with van der Waals surface area (Å²) in [5, 5.41) is 0. The second-order valence-electron chi connectivity index (χ2n) is 32.3. The standard InChI is InChI=1S/C34H24N2.2C33H24N2.15C2H6/c1-2-14-35-27(11-1)19-24-9-4-8-23-18-25-13-12-22-16-20-6-3-7-21-17-26-10-5-15-36-33(26)30(28(20)21)29(22)32(25)34(35,36)31(23)24;1-2-12-27-21(8-1)18-22-14-15-25-19-23-9-7-10-24-20-26-11-3-5-16-34(26)33(31(23)24)32(25)29(22)30(27)28-13-4-6-17-35(28)33;1-2-14-27-21(8-1)18-25-12-7-17-35-32(25)29(27)28-15-6-11-23-19-22-9-5-10-24-20-26-13-3-4-16-34(26)33(35,30(22)24)31(23)28;15*1-2/h1-15,30H,16-19H2;1-17,30H,18-20H2;1-17,29H,18-20H2;15*1-2H3/q3*+2;;;;;;;;;;;;;;;. The summed E-state index contributed by atoms with van der Waals surface area (Å²) in [5.74, 6) is 0.856. The van der Waals surface area contributed by atoms with Crippen LogP contribution in [-0.2, 0) is 81.2 Å². The number of fused-ring (bicyclic) bond motifs is 10. The van der Waals surface area contributed by atoms with Crippen LogP contribution in [0.1, 0.15) is 421 Å². The molecule has 706 valence electrons. The lowest BCUT2D eigenvalue weighted by molar-refractivity contribution is -0.980. The van der Waals surface area contributed by atoms with Crippen LogP contribution in [0.4, 0.5) is 0 Å². The van der Waals surface area contributed by atoms with Crippen LogP contribution in [0, 0.1) is 0 Å². The van der Waals surface area contributed by atoms with E-state index in [1.54, 1.807) is 22.3 Å². The van der Waals surface area contributed by atoms with Gasteiger partial charge in [-0.1, -0.05) is 396 Å². The van der Waals surface area contributed by atoms with Crippen LogP contribution in [0.3, 0.4) is 0 Å². The van der Waals surface area contributed by atoms with Gasteiger partial charge >= 0.3 is 17.0 Å². The largest absolute Gasteiger partial charge is 0.416 e. The molecule has 0 saturated carbocycles. The number of hydrogen-bond donors (Lipinski definition) is 0. The van der Waals surface area contributed by atoms with Gasteiger partial charge in [0.1, 0.15) is 33.4 Å². The van der Waals surface area contributed by atoms with Gasteiger partial charge in [-0.15, -0.1) is 27.4 Å². The predicted molar refractivity (Wildman–Crippen MR) is 574 cm³/mol. The van der Waals surface area contributed by atoms with Crippen molar-refractivity contribution in [2.75, 3.05) is 0 Å². The van der Waals surface area contributed by atoms with Crippen molar-refractivity contribution in [2.45, 2.75) is 307 Å². The number of hydrogen-bond acceptors (Lipinski definition) is 0. The van der Waals surface area contributed by atoms with Gasteiger partial charge in [-0.25, -0.2) is 0 Å². The molecule has 6 nitrogen and oxygen atoms in total. The molecule has 12 heterocycles. The minimum atomic E-state index is -0.390. The van der Waals surface area contributed by atoms with E-state index in [4.69, 9.17) is 0 Å². The minimum absolute atomic E-state index is 0.264. The second-order valence-corrected chi connectivity index (χ2v) is 32.3. The molecule has 6 aliphatic heterocycles. The first kappa shape index (κ1) is 104. The van der Waals surface area contributed by atoms with E-state index in [0.29, 0.717) is 5.92 Å². The maximum atomic E-state index is 2.71. The molecule has 0 bridgehead atoms. The molecular formula is C130H162N6+6. The smallest absolute Gasteiger partial charge is 0.130 e. The van der Waals surface area contributed by atoms with Crippen molar-refractivity contribution >= 4 is 0 Å². The summed E-state index contributed by atoms with van der Waals surface area (Å²) in [6, 6.07) is 99.5. The Morgan fingerprint density at radius 3 is 0.824 bits per heavy atom. The third kappa shape index (κ3) is 16.0. The third-order valence-electron chi connectivity index (χ3n) is 27.7. The first-order valence-corrected chi connectivity index (χ1v) is 53.7. The van der Waals surface area contributed by atoms with E-state index < -0.39 is 0 Å². The van der Waals surface area contributed by atoms with Crippen LogP contribution < -0.4 is 27.4 Å². The van der Waals surface area contributed by atoms with Crippen LogP contribution in [-0.4, -0.2) is 0 Å². The molecule has 28 rings (SSSR count). The van der Waals surface area contributed by atoms with Gasteiger partial charge in [-0.3, -0.25) is 0 Å². The van der Waals surface area contributed by atoms with Crippen molar-refractivity contribution in [2.24, 2.45) is 0 Å². The van der Waals surface area contributed by atoms with Crippen molar-refractivity contribution in [3.63, 3.8) is 0 Å². The van der Waals surface area contributed by atoms with E-state index in [2.05, 4.69) is 325 Å². The lowest BCUT2D eigenvalue weighted by Crippen LogP contribution is -2.81. The first-order chi connectivity index (χ1) is 67.5. The molecule has 136 heavy (non-hydrogen) atoms. The Morgan fingerprint density at radius 2 is 0.404 bits per heavy atom. The van der Waals surface area contributed by atoms with Crippen LogP contribution in [0.15, 0.2) is 298 Å². The zero-order valence-corrected chi connectivity index (χ0v) is 88.8. The Labute approximate surface area is 822 Å². The molecular weight excluding hydrogens is 1650 g/mol. The van der Waals surface area contributed by atoms with Gasteiger partial charge in [-0.2, -0.15) is 0 Å². The summed E-state index contributed by atoms with van der Waals surface area (Å²) in [5.41, 5.74) is 50.8. The summed E-state index contributed by atoms with van der Waals surface area (Å²) in [4.78, 5) is 0. The summed E-state index contributed by atoms with van der Waals surface area (Å²) in [6.45, 7) is 60.0. The molecule has 7 aliphatic carbocycles. The van der Waals surface area contributed by atoms with Gasteiger partial charge in [0.25, 0.3) is 0 Å². The van der Waals surface area contributed by atoms with Crippen LogP contribution in [0.25, 0.3) is 0 Å². The predicted octanol–water partition coefficient (Wildman–Crippen LogP) is 29.6. The maximum absolute atomic E-state index is 2.71. The van der Waals surface area contributed by atoms with Gasteiger partial charge in [0, 0.05) is 84.6 Å². The average Bonchev–Trinajstić information content (AvgIpc) is 0.692. The molecule has 6 aromatic heterocycles. The Hall–Kier alpha value is -12.1. The van der Waals surface area contributed by atoms with Gasteiger partial charge in [0.05, 0.1) is 37.0 Å². The monoisotopic (exact) mass is 1810 g/mol. The highest BCUT2D eigenvalue weighted by Crippen LogP contribution is 2.59. The summed E-state index contributed by atoms with van der Waals surface area (Å²) in [6.07, 6.45) is 24.1. The van der Waals surface area contributed by atoms with Crippen molar-refractivity contribution in [3.8, 4) is 0 Å². The van der Waals surface area contributed by atoms with Crippen molar-refractivity contribution in [3.05, 3.63) is 494 Å². The normalized spacial score (nSPS) is 17.4. The zero-order valence-electron chi connectivity index (χ0n) is 88.8. The maximum Gasteiger partial charge on any atom is 0.416 e. The van der Waals surface area contributed by atoms with E-state index >= 15 is 0 Å². The van der Waals surface area contributed by atoms with Gasteiger partial charge in [0.2, 0.25) is 17.1 Å². The summed E-state index contributed by atoms with van der Waals surface area (Å²) < 4.78 is 15.8. The lowest BCUT2D eigenvalue weighted by atomic mass is 9.60. The Morgan fingerprint density at radius 1 is 0.162 bits per heavy atom. The van der Waals surface area contributed by atoms with Gasteiger partial charge in [-0.05, 0) is 161 Å². The molecule has 3 spiro atoms. The molecule has 0 N–H and O–H groups in total. The third-order valence-corrected chi connectivity index (χ3v) is 27.7. The molecule has 0 saturated heterocycles. The topological polar surface area (TPSA) is 23.3 Å². The van der Waals surface area contributed by atoms with Crippen LogP contribution in [0.2, 0.25) is 0 Å². The number of aromatic nitrogens is 6. The SMILES string of the molecule is CC.CC.CC.CC.CC.CC.CC.CC.CC.CC.CC.CC.CC.CC.CC.c1cc2c3c(c1)Cc1ccc[n+]4c1C3c1c(ccc3c1C41c4c(cccc4Cc4cccc[n+]41)C3)C2.c1ccc2c(c1)Cc1ccc3c4c1C2c1cccc[n+]1C41c2c(cccc2Cc2cccc[n+]21)C3.c1ccc2c(c1)Cc1ccc[n+]3c1C2c1cccc2c1C31c3c(cccc3Cc3cccc[n+]31)C2. The van der Waals surface area contributed by atoms with E-state index in [1.807, 2.05) is 208 Å². The molecule has 13 aliphatic rings. The molecule has 9 aromatic carbocycles. The molecule has 0 amide bonds. The highest BCUT2D eigenvalue weighted by Gasteiger charge is 2.71. The molecule has 6 unspecified atom stereocenters. The van der Waals surface area contributed by atoms with E-state index in [9.17, 15) is 0 Å². The van der Waals surface area contributed by atoms with Gasteiger partial charge < -0.3 is 0 Å². The Kier molecular flexibility index (Phi) is 36.1. The molecule has 6 atom stereocenters. The molecule has 15 aromatic rings. The molecule has 0 fully saturated rings. The van der Waals surface area contributed by atoms with Crippen molar-refractivity contribution in [1.29, 1.82) is 0 Å². The summed E-state index contributed by atoms with van der Waals surface area (Å²) in [7, 11) is 0. The number of rotatable bonds is 0. The quantitative estimate of drug-likeness (QED) is 0.135. The lowest BCUT2D eigenvalue weighted by Gasteiger charge is -2.45. The van der Waals surface area contributed by atoms with E-state index in [1.165, 1.54) is 173 Å². The average molecular weight is 1810 g/mol. The Bertz CT molecular complexity index is 6430. The van der Waals surface area contributed by atoms with Crippen LogP contribution >= 0.6 is 0 Å². The molecule has 0 radical (unpaired) electrons. The number of nitrogens with zero attached hydrogens (tertiary/aromatic N) is 6. The number of pyridine rings is 6. The van der Waals surface area contributed by atoms with E-state index in [0.717, 1.165) is 64.2 Å². The zero-order chi connectivity index (χ0) is 98.6. The summed E-state index contributed by atoms with van der Waals surface area (Å²) >= 11 is 0. The van der Waals surface area contributed by atoms with Crippen LogP contribution in [0.5, 0.6) is 0 Å². The molecule has 6 heteroatoms. The fourth-order valence-electron chi connectivity index (χ4n) is 24.4. The minimum Gasteiger partial charge on any atom is -0.130 e. The number of benzene rings is 9. The fraction of sp³-hybridized carbons (Fsp3) is 0.354. The van der Waals surface area contributed by atoms with Crippen molar-refractivity contribution in [1.82, 2.24) is 0 Å². The Balaban J connectivity index is 0.000000172. The van der Waals surface area contributed by atoms with Crippen molar-refractivity contribution < 1.29 is 27.4 Å². The highest BCUT2D eigenvalue weighted by atomic mass is 15.3.